The molecular weight excluding hydrogens is 398 g/mol. The molecule has 0 spiro atoms. The molecule has 1 N–H and O–H groups in total. The molecule has 0 bridgehead atoms. The minimum Gasteiger partial charge on any atom is -0.493 e. The highest BCUT2D eigenvalue weighted by molar-refractivity contribution is 7.99. The van der Waals surface area contributed by atoms with Gasteiger partial charge in [0.15, 0.2) is 0 Å². The number of thioether (sulfide) groups is 1. The fourth-order valence-electron chi connectivity index (χ4n) is 2.89. The van der Waals surface area contributed by atoms with Gasteiger partial charge in [-0.2, -0.15) is 0 Å². The van der Waals surface area contributed by atoms with E-state index in [0.717, 1.165) is 23.3 Å². The molecule has 1 heterocycles. The van der Waals surface area contributed by atoms with E-state index in [0.29, 0.717) is 24.3 Å². The second-order valence-electron chi connectivity index (χ2n) is 7.28. The molecule has 158 valence electrons. The normalized spacial score (nSPS) is 10.8. The van der Waals surface area contributed by atoms with Gasteiger partial charge in [-0.3, -0.25) is 4.79 Å². The predicted octanol–water partition coefficient (Wildman–Crippen LogP) is 4.65. The molecule has 2 aromatic carbocycles. The lowest BCUT2D eigenvalue weighted by molar-refractivity contribution is -0.118. The topological polar surface area (TPSA) is 77.2 Å². The predicted molar refractivity (Wildman–Crippen MR) is 119 cm³/mol. The number of ether oxygens (including phenoxy) is 1. The fourth-order valence-corrected chi connectivity index (χ4v) is 3.49. The Morgan fingerprint density at radius 2 is 1.83 bits per heavy atom. The Morgan fingerprint density at radius 3 is 2.60 bits per heavy atom. The molecule has 0 fully saturated rings. The molecule has 0 aliphatic heterocycles. The minimum absolute atomic E-state index is 0.0716. The zero-order chi connectivity index (χ0) is 21.5. The second kappa shape index (κ2) is 10.3. The SMILES string of the molecule is Cc1ccc(-c2nnc(SCC(=O)NCCCOc3cc(C)cc(C)c3C)o2)cc1. The maximum absolute atomic E-state index is 12.0. The molecule has 0 saturated carbocycles. The highest BCUT2D eigenvalue weighted by Gasteiger charge is 2.11. The smallest absolute Gasteiger partial charge is 0.277 e. The number of nitrogens with one attached hydrogen (secondary N) is 1. The molecule has 1 aromatic heterocycles. The molecule has 0 radical (unpaired) electrons. The number of amides is 1. The Morgan fingerprint density at radius 1 is 1.07 bits per heavy atom. The van der Waals surface area contributed by atoms with E-state index in [1.54, 1.807) is 0 Å². The molecule has 6 nitrogen and oxygen atoms in total. The number of aromatic nitrogens is 2. The first-order valence-electron chi connectivity index (χ1n) is 9.93. The quantitative estimate of drug-likeness (QED) is 0.397. The second-order valence-corrected chi connectivity index (χ2v) is 8.21. The van der Waals surface area contributed by atoms with Crippen molar-refractivity contribution >= 4 is 17.7 Å². The van der Waals surface area contributed by atoms with E-state index in [1.165, 1.54) is 28.5 Å². The lowest BCUT2D eigenvalue weighted by atomic mass is 10.1. The molecule has 30 heavy (non-hydrogen) atoms. The number of aryl methyl sites for hydroxylation is 3. The van der Waals surface area contributed by atoms with Crippen molar-refractivity contribution in [3.05, 3.63) is 58.7 Å². The van der Waals surface area contributed by atoms with Crippen molar-refractivity contribution in [2.45, 2.75) is 39.3 Å². The van der Waals surface area contributed by atoms with Crippen LogP contribution in [0.5, 0.6) is 5.75 Å². The van der Waals surface area contributed by atoms with E-state index >= 15 is 0 Å². The Kier molecular flexibility index (Phi) is 7.52. The van der Waals surface area contributed by atoms with Crippen LogP contribution in [0, 0.1) is 27.7 Å². The molecule has 0 aliphatic rings. The monoisotopic (exact) mass is 425 g/mol. The average Bonchev–Trinajstić information content (AvgIpc) is 3.19. The van der Waals surface area contributed by atoms with Crippen LogP contribution in [-0.2, 0) is 4.79 Å². The molecule has 3 rings (SSSR count). The van der Waals surface area contributed by atoms with E-state index in [1.807, 2.05) is 37.3 Å². The van der Waals surface area contributed by atoms with Gasteiger partial charge in [-0.1, -0.05) is 35.5 Å². The number of benzene rings is 2. The Bertz CT molecular complexity index is 999. The summed E-state index contributed by atoms with van der Waals surface area (Å²) in [7, 11) is 0. The molecular formula is C23H27N3O3S. The summed E-state index contributed by atoms with van der Waals surface area (Å²) < 4.78 is 11.5. The van der Waals surface area contributed by atoms with Crippen molar-refractivity contribution in [3.63, 3.8) is 0 Å². The van der Waals surface area contributed by atoms with E-state index in [4.69, 9.17) is 9.15 Å². The van der Waals surface area contributed by atoms with Crippen LogP contribution in [0.4, 0.5) is 0 Å². The molecule has 0 unspecified atom stereocenters. The molecule has 0 atom stereocenters. The van der Waals surface area contributed by atoms with Gasteiger partial charge in [0.05, 0.1) is 12.4 Å². The Hall–Kier alpha value is -2.80. The summed E-state index contributed by atoms with van der Waals surface area (Å²) >= 11 is 1.23. The van der Waals surface area contributed by atoms with Gasteiger partial charge in [0.2, 0.25) is 11.8 Å². The van der Waals surface area contributed by atoms with Crippen LogP contribution in [0.3, 0.4) is 0 Å². The number of carbonyl (C=O) groups excluding carboxylic acids is 1. The Balaban J connectivity index is 1.36. The first kappa shape index (κ1) is 21.9. The van der Waals surface area contributed by atoms with Crippen molar-refractivity contribution in [2.24, 2.45) is 0 Å². The summed E-state index contributed by atoms with van der Waals surface area (Å²) in [6, 6.07) is 12.0. The average molecular weight is 426 g/mol. The van der Waals surface area contributed by atoms with Crippen LogP contribution in [0.1, 0.15) is 28.7 Å². The van der Waals surface area contributed by atoms with Crippen molar-refractivity contribution in [1.82, 2.24) is 15.5 Å². The summed E-state index contributed by atoms with van der Waals surface area (Å²) in [5.41, 5.74) is 5.60. The largest absolute Gasteiger partial charge is 0.493 e. The van der Waals surface area contributed by atoms with E-state index < -0.39 is 0 Å². The lowest BCUT2D eigenvalue weighted by Gasteiger charge is -2.12. The number of hydrogen-bond acceptors (Lipinski definition) is 6. The maximum Gasteiger partial charge on any atom is 0.277 e. The van der Waals surface area contributed by atoms with E-state index in [-0.39, 0.29) is 11.7 Å². The summed E-state index contributed by atoms with van der Waals surface area (Å²) in [4.78, 5) is 12.0. The van der Waals surface area contributed by atoms with Crippen LogP contribution < -0.4 is 10.1 Å². The van der Waals surface area contributed by atoms with Gasteiger partial charge in [-0.25, -0.2) is 0 Å². The summed E-state index contributed by atoms with van der Waals surface area (Å²) in [5.74, 6) is 1.52. The van der Waals surface area contributed by atoms with Crippen LogP contribution in [0.25, 0.3) is 11.5 Å². The van der Waals surface area contributed by atoms with Crippen LogP contribution in [-0.4, -0.2) is 35.0 Å². The number of hydrogen-bond donors (Lipinski definition) is 1. The molecule has 0 aliphatic carbocycles. The fraction of sp³-hybridized carbons (Fsp3) is 0.348. The molecule has 3 aromatic rings. The van der Waals surface area contributed by atoms with Crippen molar-refractivity contribution in [2.75, 3.05) is 18.9 Å². The lowest BCUT2D eigenvalue weighted by Crippen LogP contribution is -2.27. The van der Waals surface area contributed by atoms with Gasteiger partial charge in [0.25, 0.3) is 5.22 Å². The summed E-state index contributed by atoms with van der Waals surface area (Å²) in [5, 5.41) is 11.3. The minimum atomic E-state index is -0.0716. The van der Waals surface area contributed by atoms with Gasteiger partial charge in [-0.15, -0.1) is 10.2 Å². The van der Waals surface area contributed by atoms with Crippen LogP contribution >= 0.6 is 11.8 Å². The first-order valence-corrected chi connectivity index (χ1v) is 10.9. The van der Waals surface area contributed by atoms with Crippen molar-refractivity contribution in [1.29, 1.82) is 0 Å². The zero-order valence-electron chi connectivity index (χ0n) is 17.8. The standard InChI is InChI=1S/C23H27N3O3S/c1-15-6-8-19(9-7-15)22-25-26-23(29-22)30-14-21(27)24-10-5-11-28-20-13-16(2)12-17(3)18(20)4/h6-9,12-13H,5,10-11,14H2,1-4H3,(H,24,27). The third-order valence-electron chi connectivity index (χ3n) is 4.70. The number of carbonyl (C=O) groups is 1. The first-order chi connectivity index (χ1) is 14.4. The van der Waals surface area contributed by atoms with E-state index in [9.17, 15) is 4.79 Å². The van der Waals surface area contributed by atoms with Crippen molar-refractivity contribution in [3.8, 4) is 17.2 Å². The molecule has 1 amide bonds. The van der Waals surface area contributed by atoms with Gasteiger partial charge >= 0.3 is 0 Å². The Labute approximate surface area is 181 Å². The zero-order valence-corrected chi connectivity index (χ0v) is 18.6. The van der Waals surface area contributed by atoms with Gasteiger partial charge in [0.1, 0.15) is 5.75 Å². The maximum atomic E-state index is 12.0. The van der Waals surface area contributed by atoms with Gasteiger partial charge in [-0.05, 0) is 69.0 Å². The van der Waals surface area contributed by atoms with Crippen molar-refractivity contribution < 1.29 is 13.9 Å². The summed E-state index contributed by atoms with van der Waals surface area (Å²) in [6.07, 6.45) is 0.737. The third-order valence-corrected chi connectivity index (χ3v) is 5.52. The molecule has 0 saturated heterocycles. The highest BCUT2D eigenvalue weighted by atomic mass is 32.2. The van der Waals surface area contributed by atoms with Crippen LogP contribution in [0.2, 0.25) is 0 Å². The number of rotatable bonds is 9. The van der Waals surface area contributed by atoms with Crippen LogP contribution in [0.15, 0.2) is 46.0 Å². The van der Waals surface area contributed by atoms with Gasteiger partial charge < -0.3 is 14.5 Å². The number of nitrogens with zero attached hydrogens (tertiary/aromatic N) is 2. The van der Waals surface area contributed by atoms with Gasteiger partial charge in [0, 0.05) is 12.1 Å². The third kappa shape index (κ3) is 6.10. The highest BCUT2D eigenvalue weighted by Crippen LogP contribution is 2.24. The molecule has 7 heteroatoms. The summed E-state index contributed by atoms with van der Waals surface area (Å²) in [6.45, 7) is 9.34. The van der Waals surface area contributed by atoms with E-state index in [2.05, 4.69) is 42.4 Å².